The van der Waals surface area contributed by atoms with Crippen LogP contribution < -0.4 is 16.4 Å². The van der Waals surface area contributed by atoms with Gasteiger partial charge in [0, 0.05) is 83.1 Å². The number of rotatable bonds is 12. The molecule has 0 aliphatic rings. The van der Waals surface area contributed by atoms with Crippen LogP contribution in [0.15, 0.2) is 70.5 Å². The minimum atomic E-state index is -0.700. The zero-order valence-corrected chi connectivity index (χ0v) is 44.7. The van der Waals surface area contributed by atoms with Crippen molar-refractivity contribution in [1.82, 2.24) is 69.7 Å². The monoisotopic (exact) mass is 1060 g/mol. The van der Waals surface area contributed by atoms with E-state index in [-0.39, 0.29) is 59.0 Å². The molecule has 0 saturated carbocycles. The Hall–Kier alpha value is -6.78. The Balaban J connectivity index is 0.000000224. The number of ketones is 1. The highest BCUT2D eigenvalue weighted by Gasteiger charge is 2.27. The minimum Gasteiger partial charge on any atom is -0.338 e. The zero-order chi connectivity index (χ0) is 51.9. The SMILES string of the molecule is CC(C)(C)c1nc(C(=O)Cl)no1.Cc1c(-c2ncnc(Nc3ccn(C)n3)n2)ccc([C@@H](C)CC(=O)c2noc(C(C)(C)C)n2)c1Cl.Cc1c(-c2ncnc(Nc3ccn(C)n3)n2)ccc([C@@H](C)N)c1Cl.Cl. The van der Waals surface area contributed by atoms with Crippen LogP contribution in [0.5, 0.6) is 0 Å². The summed E-state index contributed by atoms with van der Waals surface area (Å²) in [6, 6.07) is 11.2. The second kappa shape index (κ2) is 23.6. The third kappa shape index (κ3) is 14.2. The van der Waals surface area contributed by atoms with Crippen molar-refractivity contribution in [3.63, 3.8) is 0 Å². The van der Waals surface area contributed by atoms with Crippen molar-refractivity contribution in [1.29, 1.82) is 0 Å². The second-order valence-electron chi connectivity index (χ2n) is 18.5. The van der Waals surface area contributed by atoms with Gasteiger partial charge in [0.1, 0.15) is 12.7 Å². The molecule has 6 aromatic heterocycles. The molecule has 2 aromatic carbocycles. The topological polar surface area (TPSA) is 275 Å². The average Bonchev–Trinajstić information content (AvgIpc) is 4.15. The minimum absolute atomic E-state index is 0. The summed E-state index contributed by atoms with van der Waals surface area (Å²) in [4.78, 5) is 57.3. The Morgan fingerprint density at radius 1 is 0.667 bits per heavy atom. The molecule has 21 nitrogen and oxygen atoms in total. The van der Waals surface area contributed by atoms with Crippen molar-refractivity contribution in [2.75, 3.05) is 10.6 Å². The van der Waals surface area contributed by atoms with Crippen molar-refractivity contribution in [3.8, 4) is 22.8 Å². The molecule has 0 spiro atoms. The van der Waals surface area contributed by atoms with E-state index >= 15 is 0 Å². The number of Topliss-reactive ketones (excluding diaryl/α,β-unsaturated/α-hetero) is 1. The van der Waals surface area contributed by atoms with Gasteiger partial charge < -0.3 is 25.4 Å². The van der Waals surface area contributed by atoms with E-state index in [0.29, 0.717) is 57.0 Å². The molecule has 0 amide bonds. The Morgan fingerprint density at radius 3 is 1.49 bits per heavy atom. The van der Waals surface area contributed by atoms with Gasteiger partial charge in [-0.15, -0.1) is 12.4 Å². The van der Waals surface area contributed by atoms with Crippen LogP contribution in [0.1, 0.15) is 129 Å². The summed E-state index contributed by atoms with van der Waals surface area (Å²) >= 11 is 18.3. The maximum Gasteiger partial charge on any atom is 0.293 e. The molecule has 0 unspecified atom stereocenters. The first-order valence-corrected chi connectivity index (χ1v) is 23.2. The van der Waals surface area contributed by atoms with Gasteiger partial charge in [0.05, 0.1) is 0 Å². The summed E-state index contributed by atoms with van der Waals surface area (Å²) in [7, 11) is 3.67. The average molecular weight is 1060 g/mol. The molecule has 4 N–H and O–H groups in total. The number of aromatic nitrogens is 14. The highest BCUT2D eigenvalue weighted by atomic mass is 35.5. The van der Waals surface area contributed by atoms with Gasteiger partial charge in [-0.2, -0.15) is 30.1 Å². The van der Waals surface area contributed by atoms with Gasteiger partial charge in [0.25, 0.3) is 11.1 Å². The highest BCUT2D eigenvalue weighted by molar-refractivity contribution is 6.67. The molecule has 0 bridgehead atoms. The van der Waals surface area contributed by atoms with E-state index in [4.69, 9.17) is 49.6 Å². The van der Waals surface area contributed by atoms with Crippen LogP contribution in [0.3, 0.4) is 0 Å². The fourth-order valence-electron chi connectivity index (χ4n) is 6.52. The lowest BCUT2D eigenvalue weighted by Gasteiger charge is -2.16. The molecule has 0 radical (unpaired) electrons. The lowest BCUT2D eigenvalue weighted by atomic mass is 9.92. The van der Waals surface area contributed by atoms with E-state index in [2.05, 4.69) is 71.0 Å². The molecule has 0 saturated heterocycles. The largest absolute Gasteiger partial charge is 0.338 e. The van der Waals surface area contributed by atoms with E-state index in [0.717, 1.165) is 33.4 Å². The zero-order valence-electron chi connectivity index (χ0n) is 41.6. The fourth-order valence-corrected chi connectivity index (χ4v) is 7.29. The Morgan fingerprint density at radius 2 is 1.10 bits per heavy atom. The van der Waals surface area contributed by atoms with Gasteiger partial charge in [-0.05, 0) is 60.5 Å². The first-order chi connectivity index (χ1) is 33.4. The number of hydrogen-bond donors (Lipinski definition) is 3. The maximum atomic E-state index is 12.8. The Labute approximate surface area is 437 Å². The van der Waals surface area contributed by atoms with Gasteiger partial charge in [-0.25, -0.2) is 19.9 Å². The van der Waals surface area contributed by atoms with Crippen LogP contribution >= 0.6 is 47.2 Å². The van der Waals surface area contributed by atoms with Gasteiger partial charge in [-0.1, -0.05) is 106 Å². The van der Waals surface area contributed by atoms with E-state index in [1.54, 1.807) is 9.36 Å². The standard InChI is InChI=1S/C24H27ClN8O2.C16H18ClN7.C7H9ClN2O2.ClH/c1-13(11-17(34)21-29-22(35-32-21)24(3,4)5)15-7-8-16(14(2)19(15)25)20-26-12-27-23(30-20)28-18-9-10-33(6)31-18;1-9-11(4-5-12(10(2)18)14(9)17)15-19-8-20-16(22-15)21-13-6-7-24(3)23-13;1-7(2,3)6-9-5(4(8)11)10-12-6;/h7-10,12-13H,11H2,1-6H3,(H,26,27,28,30,31);4-8,10H,18H2,1-3H3,(H,19,20,21,22,23);1-3H3;1H/t13-;10-;;/m01../s1. The summed E-state index contributed by atoms with van der Waals surface area (Å²) in [6.45, 7) is 19.2. The molecule has 380 valence electrons. The molecular weight excluding hydrogens is 1010 g/mol. The quantitative estimate of drug-likeness (QED) is 0.0757. The maximum absolute atomic E-state index is 12.8. The first-order valence-electron chi connectivity index (χ1n) is 22.1. The molecule has 6 heterocycles. The van der Waals surface area contributed by atoms with Crippen molar-refractivity contribution in [3.05, 3.63) is 117 Å². The van der Waals surface area contributed by atoms with Crippen LogP contribution in [0.2, 0.25) is 10.0 Å². The third-order valence-electron chi connectivity index (χ3n) is 10.4. The van der Waals surface area contributed by atoms with Crippen molar-refractivity contribution < 1.29 is 18.6 Å². The van der Waals surface area contributed by atoms with Crippen molar-refractivity contribution in [2.45, 2.75) is 98.4 Å². The van der Waals surface area contributed by atoms with E-state index in [1.807, 2.05) is 132 Å². The molecule has 0 aliphatic heterocycles. The summed E-state index contributed by atoms with van der Waals surface area (Å²) in [5.41, 5.74) is 10.4. The molecule has 0 fully saturated rings. The van der Waals surface area contributed by atoms with Crippen molar-refractivity contribution in [2.24, 2.45) is 19.8 Å². The van der Waals surface area contributed by atoms with Crippen LogP contribution in [0.25, 0.3) is 22.8 Å². The van der Waals surface area contributed by atoms with Gasteiger partial charge in [0.2, 0.25) is 35.3 Å². The molecule has 8 rings (SSSR count). The van der Waals surface area contributed by atoms with Gasteiger partial charge in [0.15, 0.2) is 23.3 Å². The third-order valence-corrected chi connectivity index (χ3v) is 11.6. The predicted molar refractivity (Wildman–Crippen MR) is 276 cm³/mol. The van der Waals surface area contributed by atoms with E-state index < -0.39 is 5.24 Å². The Bertz CT molecular complexity index is 3150. The van der Waals surface area contributed by atoms with E-state index in [1.165, 1.54) is 12.7 Å². The number of aryl methyl sites for hydroxylation is 2. The van der Waals surface area contributed by atoms with Crippen LogP contribution in [-0.2, 0) is 24.9 Å². The normalized spacial score (nSPS) is 12.1. The van der Waals surface area contributed by atoms with Gasteiger partial charge in [-0.3, -0.25) is 19.0 Å². The number of nitrogens with one attached hydrogen (secondary N) is 2. The highest BCUT2D eigenvalue weighted by Crippen LogP contribution is 2.36. The van der Waals surface area contributed by atoms with Gasteiger partial charge >= 0.3 is 0 Å². The van der Waals surface area contributed by atoms with Crippen LogP contribution in [-0.4, -0.2) is 80.8 Å². The number of halogens is 4. The second-order valence-corrected chi connectivity index (χ2v) is 19.6. The molecule has 2 atom stereocenters. The van der Waals surface area contributed by atoms with Crippen LogP contribution in [0.4, 0.5) is 23.5 Å². The Kier molecular flexibility index (Phi) is 18.4. The fraction of sp³-hybridized carbons (Fsp3) is 0.362. The molecule has 72 heavy (non-hydrogen) atoms. The number of nitrogens with two attached hydrogens (primary N) is 1. The number of carbonyl (C=O) groups excluding carboxylic acids is 2. The molecular formula is C47H55Cl4N17O4. The number of anilines is 4. The molecule has 0 aliphatic carbocycles. The molecule has 8 aromatic rings. The number of nitrogens with zero attached hydrogens (tertiary/aromatic N) is 14. The lowest BCUT2D eigenvalue weighted by Crippen LogP contribution is -2.13. The molecule has 25 heteroatoms. The van der Waals surface area contributed by atoms with E-state index in [9.17, 15) is 9.59 Å². The lowest BCUT2D eigenvalue weighted by molar-refractivity contribution is 0.0962. The summed E-state index contributed by atoms with van der Waals surface area (Å²) in [5, 5.41) is 22.4. The number of benzene rings is 2. The van der Waals surface area contributed by atoms with Crippen molar-refractivity contribution >= 4 is 81.8 Å². The summed E-state index contributed by atoms with van der Waals surface area (Å²) < 4.78 is 13.5. The predicted octanol–water partition coefficient (Wildman–Crippen LogP) is 10.2. The summed E-state index contributed by atoms with van der Waals surface area (Å²) in [6.07, 6.45) is 6.75. The number of hydrogen-bond acceptors (Lipinski definition) is 19. The summed E-state index contributed by atoms with van der Waals surface area (Å²) in [5.74, 6) is 3.61. The number of carbonyl (C=O) groups is 2. The smallest absolute Gasteiger partial charge is 0.293 e. The van der Waals surface area contributed by atoms with Crippen LogP contribution in [0, 0.1) is 13.8 Å². The first kappa shape index (κ1) is 56.1.